The van der Waals surface area contributed by atoms with Gasteiger partial charge >= 0.3 is 5.97 Å². The Morgan fingerprint density at radius 2 is 2.28 bits per heavy atom. The second kappa shape index (κ2) is 6.40. The minimum absolute atomic E-state index is 0.305. The van der Waals surface area contributed by atoms with Gasteiger partial charge in [-0.15, -0.1) is 0 Å². The third-order valence-corrected chi connectivity index (χ3v) is 2.05. The second-order valence-electron chi connectivity index (χ2n) is 3.77. The average molecular weight is 245 g/mol. The SMILES string of the molecule is CCOC(=O)/C(=C\N(C)C)c1ccc(C#N)cn1. The van der Waals surface area contributed by atoms with Gasteiger partial charge in [-0.3, -0.25) is 4.98 Å². The molecule has 0 radical (unpaired) electrons. The van der Waals surface area contributed by atoms with E-state index >= 15 is 0 Å². The minimum atomic E-state index is -0.427. The predicted molar refractivity (Wildman–Crippen MR) is 67.2 cm³/mol. The zero-order valence-electron chi connectivity index (χ0n) is 10.7. The Labute approximate surface area is 106 Å². The molecule has 0 aliphatic carbocycles. The smallest absolute Gasteiger partial charge is 0.341 e. The first-order chi connectivity index (χ1) is 8.58. The molecule has 1 aromatic heterocycles. The van der Waals surface area contributed by atoms with Crippen LogP contribution in [-0.2, 0) is 9.53 Å². The molecule has 0 fully saturated rings. The summed E-state index contributed by atoms with van der Waals surface area (Å²) in [6, 6.07) is 5.23. The van der Waals surface area contributed by atoms with E-state index in [1.54, 1.807) is 30.2 Å². The van der Waals surface area contributed by atoms with Crippen molar-refractivity contribution in [2.45, 2.75) is 6.92 Å². The van der Waals surface area contributed by atoms with E-state index in [9.17, 15) is 4.79 Å². The maximum absolute atomic E-state index is 11.8. The molecule has 0 aromatic carbocycles. The van der Waals surface area contributed by atoms with Crippen molar-refractivity contribution >= 4 is 11.5 Å². The third-order valence-electron chi connectivity index (χ3n) is 2.05. The number of nitriles is 1. The van der Waals surface area contributed by atoms with Crippen LogP contribution in [0.25, 0.3) is 5.57 Å². The van der Waals surface area contributed by atoms with Crippen LogP contribution < -0.4 is 0 Å². The van der Waals surface area contributed by atoms with Crippen molar-refractivity contribution in [3.8, 4) is 6.07 Å². The molecule has 1 aromatic rings. The van der Waals surface area contributed by atoms with Gasteiger partial charge in [-0.25, -0.2) is 4.79 Å². The maximum Gasteiger partial charge on any atom is 0.341 e. The standard InChI is InChI=1S/C13H15N3O2/c1-4-18-13(17)11(9-16(2)3)12-6-5-10(7-14)8-15-12/h5-6,8-9H,4H2,1-3H3/b11-9-. The molecule has 5 nitrogen and oxygen atoms in total. The normalized spacial score (nSPS) is 10.7. The molecule has 0 aliphatic rings. The van der Waals surface area contributed by atoms with E-state index in [1.165, 1.54) is 6.20 Å². The molecule has 94 valence electrons. The van der Waals surface area contributed by atoms with Crippen LogP contribution in [-0.4, -0.2) is 36.6 Å². The van der Waals surface area contributed by atoms with Crippen molar-refractivity contribution in [2.75, 3.05) is 20.7 Å². The molecule has 1 heterocycles. The highest BCUT2D eigenvalue weighted by Gasteiger charge is 2.15. The number of nitrogens with zero attached hydrogens (tertiary/aromatic N) is 3. The molecule has 0 spiro atoms. The fraction of sp³-hybridized carbons (Fsp3) is 0.308. The molecule has 0 atom stereocenters. The molecular weight excluding hydrogens is 230 g/mol. The summed E-state index contributed by atoms with van der Waals surface area (Å²) >= 11 is 0. The number of carbonyl (C=O) groups is 1. The van der Waals surface area contributed by atoms with Crippen molar-refractivity contribution in [2.24, 2.45) is 0 Å². The molecule has 0 N–H and O–H groups in total. The Morgan fingerprint density at radius 1 is 1.56 bits per heavy atom. The summed E-state index contributed by atoms with van der Waals surface area (Å²) in [4.78, 5) is 17.6. The lowest BCUT2D eigenvalue weighted by molar-refractivity contribution is -0.136. The number of rotatable bonds is 4. The van der Waals surface area contributed by atoms with Gasteiger partial charge in [-0.1, -0.05) is 0 Å². The Bertz CT molecular complexity index is 484. The van der Waals surface area contributed by atoms with Crippen molar-refractivity contribution in [1.82, 2.24) is 9.88 Å². The van der Waals surface area contributed by atoms with Crippen LogP contribution in [0.1, 0.15) is 18.2 Å². The first-order valence-electron chi connectivity index (χ1n) is 5.50. The fourth-order valence-electron chi connectivity index (χ4n) is 1.31. The largest absolute Gasteiger partial charge is 0.462 e. The number of esters is 1. The Kier molecular flexibility index (Phi) is 4.88. The van der Waals surface area contributed by atoms with E-state index in [0.29, 0.717) is 23.4 Å². The topological polar surface area (TPSA) is 66.2 Å². The predicted octanol–water partition coefficient (Wildman–Crippen LogP) is 1.42. The summed E-state index contributed by atoms with van der Waals surface area (Å²) in [7, 11) is 3.62. The van der Waals surface area contributed by atoms with E-state index < -0.39 is 5.97 Å². The molecule has 0 bridgehead atoms. The average Bonchev–Trinajstić information content (AvgIpc) is 2.36. The van der Waals surface area contributed by atoms with E-state index in [-0.39, 0.29) is 0 Å². The van der Waals surface area contributed by atoms with Gasteiger partial charge in [0.2, 0.25) is 0 Å². The summed E-state index contributed by atoms with van der Waals surface area (Å²) < 4.78 is 4.98. The molecule has 1 rings (SSSR count). The molecule has 18 heavy (non-hydrogen) atoms. The van der Waals surface area contributed by atoms with Gasteiger partial charge in [0.1, 0.15) is 11.6 Å². The monoisotopic (exact) mass is 245 g/mol. The Morgan fingerprint density at radius 3 is 2.72 bits per heavy atom. The molecule has 0 saturated heterocycles. The number of carbonyl (C=O) groups excluding carboxylic acids is 1. The Balaban J connectivity index is 3.10. The lowest BCUT2D eigenvalue weighted by atomic mass is 10.1. The lowest BCUT2D eigenvalue weighted by Crippen LogP contribution is -2.12. The van der Waals surface area contributed by atoms with Gasteiger partial charge in [0.25, 0.3) is 0 Å². The molecule has 0 unspecified atom stereocenters. The fourth-order valence-corrected chi connectivity index (χ4v) is 1.31. The summed E-state index contributed by atoms with van der Waals surface area (Å²) in [5.41, 5.74) is 1.30. The molecule has 0 amide bonds. The van der Waals surface area contributed by atoms with Crippen molar-refractivity contribution in [3.05, 3.63) is 35.8 Å². The number of ether oxygens (including phenoxy) is 1. The van der Waals surface area contributed by atoms with Gasteiger partial charge in [0, 0.05) is 26.5 Å². The van der Waals surface area contributed by atoms with Crippen molar-refractivity contribution in [1.29, 1.82) is 5.26 Å². The van der Waals surface area contributed by atoms with Crippen LogP contribution in [0.3, 0.4) is 0 Å². The molecule has 0 aliphatic heterocycles. The minimum Gasteiger partial charge on any atom is -0.462 e. The van der Waals surface area contributed by atoms with Gasteiger partial charge in [0.05, 0.1) is 17.9 Å². The number of pyridine rings is 1. The van der Waals surface area contributed by atoms with Gasteiger partial charge < -0.3 is 9.64 Å². The quantitative estimate of drug-likeness (QED) is 0.593. The molecule has 5 heteroatoms. The van der Waals surface area contributed by atoms with Crippen LogP contribution >= 0.6 is 0 Å². The van der Waals surface area contributed by atoms with Crippen LogP contribution in [0.4, 0.5) is 0 Å². The maximum atomic E-state index is 11.8. The van der Waals surface area contributed by atoms with Crippen LogP contribution in [0.5, 0.6) is 0 Å². The second-order valence-corrected chi connectivity index (χ2v) is 3.77. The number of hydrogen-bond acceptors (Lipinski definition) is 5. The van der Waals surface area contributed by atoms with E-state index in [0.717, 1.165) is 0 Å². The van der Waals surface area contributed by atoms with Gasteiger partial charge in [0.15, 0.2) is 0 Å². The van der Waals surface area contributed by atoms with E-state index in [1.807, 2.05) is 20.2 Å². The van der Waals surface area contributed by atoms with Gasteiger partial charge in [-0.05, 0) is 19.1 Å². The Hall–Kier alpha value is -2.35. The summed E-state index contributed by atoms with van der Waals surface area (Å²) in [5, 5.41) is 8.70. The first kappa shape index (κ1) is 13.7. The van der Waals surface area contributed by atoms with E-state index in [4.69, 9.17) is 10.00 Å². The summed E-state index contributed by atoms with van der Waals surface area (Å²) in [5.74, 6) is -0.427. The molecular formula is C13H15N3O2. The van der Waals surface area contributed by atoms with Crippen LogP contribution in [0.15, 0.2) is 24.5 Å². The van der Waals surface area contributed by atoms with Crippen LogP contribution in [0.2, 0.25) is 0 Å². The zero-order valence-corrected chi connectivity index (χ0v) is 10.7. The van der Waals surface area contributed by atoms with Crippen molar-refractivity contribution < 1.29 is 9.53 Å². The third kappa shape index (κ3) is 3.59. The highest BCUT2D eigenvalue weighted by atomic mass is 16.5. The highest BCUT2D eigenvalue weighted by Crippen LogP contribution is 2.14. The number of hydrogen-bond donors (Lipinski definition) is 0. The number of aromatic nitrogens is 1. The van der Waals surface area contributed by atoms with Crippen molar-refractivity contribution in [3.63, 3.8) is 0 Å². The van der Waals surface area contributed by atoms with Gasteiger partial charge in [-0.2, -0.15) is 5.26 Å². The summed E-state index contributed by atoms with van der Waals surface area (Å²) in [6.45, 7) is 2.05. The highest BCUT2D eigenvalue weighted by molar-refractivity contribution is 6.15. The summed E-state index contributed by atoms with van der Waals surface area (Å²) in [6.07, 6.45) is 3.07. The van der Waals surface area contributed by atoms with Crippen LogP contribution in [0, 0.1) is 11.3 Å². The lowest BCUT2D eigenvalue weighted by Gasteiger charge is -2.10. The van der Waals surface area contributed by atoms with E-state index in [2.05, 4.69) is 4.98 Å². The first-order valence-corrected chi connectivity index (χ1v) is 5.50. The molecule has 0 saturated carbocycles. The zero-order chi connectivity index (χ0) is 13.5.